The number of fused-ring (bicyclic) bond motifs is 1. The highest BCUT2D eigenvalue weighted by molar-refractivity contribution is 6.01. The van der Waals surface area contributed by atoms with E-state index in [2.05, 4.69) is 9.72 Å². The van der Waals surface area contributed by atoms with Gasteiger partial charge in [-0.2, -0.15) is 0 Å². The summed E-state index contributed by atoms with van der Waals surface area (Å²) >= 11 is 0. The molecule has 1 heterocycles. The number of carbonyl (C=O) groups excluding carboxylic acids is 2. The average molecular weight is 327 g/mol. The van der Waals surface area contributed by atoms with Crippen LogP contribution < -0.4 is 10.3 Å². The van der Waals surface area contributed by atoms with Gasteiger partial charge in [-0.3, -0.25) is 9.59 Å². The summed E-state index contributed by atoms with van der Waals surface area (Å²) in [6.45, 7) is 0. The summed E-state index contributed by atoms with van der Waals surface area (Å²) in [7, 11) is 2.78. The second-order valence-electron chi connectivity index (χ2n) is 5.67. The van der Waals surface area contributed by atoms with Gasteiger partial charge in [0.25, 0.3) is 5.56 Å². The lowest BCUT2D eigenvalue weighted by molar-refractivity contribution is 0.0598. The Labute approximate surface area is 138 Å². The SMILES string of the molecule is COC(=O)c1cc2c([nH]c1=O)C[C@H](c1ccccc1OC)CC2=O. The number of carbonyl (C=O) groups is 2. The van der Waals surface area contributed by atoms with Crippen LogP contribution in [0.2, 0.25) is 0 Å². The Balaban J connectivity index is 2.02. The van der Waals surface area contributed by atoms with Gasteiger partial charge in [-0.25, -0.2) is 4.79 Å². The average Bonchev–Trinajstić information content (AvgIpc) is 2.60. The van der Waals surface area contributed by atoms with Gasteiger partial charge in [0.05, 0.1) is 14.2 Å². The highest BCUT2D eigenvalue weighted by Crippen LogP contribution is 2.36. The zero-order chi connectivity index (χ0) is 17.3. The number of ketones is 1. The summed E-state index contributed by atoms with van der Waals surface area (Å²) in [5.74, 6) is -0.236. The van der Waals surface area contributed by atoms with Gasteiger partial charge in [-0.1, -0.05) is 18.2 Å². The fraction of sp³-hybridized carbons (Fsp3) is 0.278. The van der Waals surface area contributed by atoms with E-state index in [0.29, 0.717) is 29.8 Å². The van der Waals surface area contributed by atoms with Crippen LogP contribution in [0.5, 0.6) is 5.75 Å². The number of methoxy groups -OCH3 is 2. The van der Waals surface area contributed by atoms with Gasteiger partial charge in [-0.15, -0.1) is 0 Å². The fourth-order valence-corrected chi connectivity index (χ4v) is 3.12. The molecule has 1 aromatic heterocycles. The molecule has 0 radical (unpaired) electrons. The summed E-state index contributed by atoms with van der Waals surface area (Å²) in [6.07, 6.45) is 0.790. The number of aromatic amines is 1. The molecule has 3 rings (SSSR count). The maximum absolute atomic E-state index is 12.5. The number of Topliss-reactive ketones (excluding diaryl/α,β-unsaturated/α-hetero) is 1. The molecular weight excluding hydrogens is 310 g/mol. The first-order valence-corrected chi connectivity index (χ1v) is 7.55. The quantitative estimate of drug-likeness (QED) is 0.873. The van der Waals surface area contributed by atoms with Crippen molar-refractivity contribution in [3.63, 3.8) is 0 Å². The van der Waals surface area contributed by atoms with Crippen molar-refractivity contribution < 1.29 is 19.1 Å². The third-order valence-electron chi connectivity index (χ3n) is 4.29. The predicted molar refractivity (Wildman–Crippen MR) is 86.8 cm³/mol. The van der Waals surface area contributed by atoms with Crippen molar-refractivity contribution in [2.75, 3.05) is 14.2 Å². The van der Waals surface area contributed by atoms with Gasteiger partial charge in [0, 0.05) is 23.6 Å². The lowest BCUT2D eigenvalue weighted by Crippen LogP contribution is -2.27. The third-order valence-corrected chi connectivity index (χ3v) is 4.29. The standard InChI is InChI=1S/C18H17NO5/c1-23-16-6-4-3-5-11(16)10-7-14-12(15(20)8-10)9-13(17(21)19-14)18(22)24-2/h3-6,9-10H,7-8H2,1-2H3,(H,19,21)/t10-/m0/s1. The van der Waals surface area contributed by atoms with E-state index in [-0.39, 0.29) is 17.3 Å². The van der Waals surface area contributed by atoms with Crippen molar-refractivity contribution >= 4 is 11.8 Å². The molecule has 0 bridgehead atoms. The van der Waals surface area contributed by atoms with Crippen LogP contribution in [0.3, 0.4) is 0 Å². The number of para-hydroxylation sites is 1. The Bertz CT molecular complexity index is 868. The summed E-state index contributed by atoms with van der Waals surface area (Å²) in [5.41, 5.74) is 1.15. The third kappa shape index (κ3) is 2.71. The van der Waals surface area contributed by atoms with E-state index in [1.54, 1.807) is 7.11 Å². The van der Waals surface area contributed by atoms with Crippen molar-refractivity contribution in [3.05, 3.63) is 63.1 Å². The van der Waals surface area contributed by atoms with Crippen LogP contribution in [0, 0.1) is 0 Å². The number of hydrogen-bond donors (Lipinski definition) is 1. The van der Waals surface area contributed by atoms with E-state index >= 15 is 0 Å². The van der Waals surface area contributed by atoms with E-state index in [1.165, 1.54) is 13.2 Å². The number of H-pyrrole nitrogens is 1. The number of ether oxygens (including phenoxy) is 2. The van der Waals surface area contributed by atoms with Gasteiger partial charge in [0.2, 0.25) is 0 Å². The van der Waals surface area contributed by atoms with Gasteiger partial charge in [0.1, 0.15) is 11.3 Å². The number of benzene rings is 1. The molecule has 1 aromatic carbocycles. The number of pyridine rings is 1. The molecule has 6 heteroatoms. The molecule has 24 heavy (non-hydrogen) atoms. The molecule has 1 aliphatic carbocycles. The summed E-state index contributed by atoms with van der Waals surface area (Å²) in [6, 6.07) is 8.86. The molecule has 6 nitrogen and oxygen atoms in total. The molecular formula is C18H17NO5. The monoisotopic (exact) mass is 327 g/mol. The van der Waals surface area contributed by atoms with E-state index in [9.17, 15) is 14.4 Å². The van der Waals surface area contributed by atoms with Crippen LogP contribution in [0.25, 0.3) is 0 Å². The van der Waals surface area contributed by atoms with Crippen LogP contribution in [-0.2, 0) is 11.2 Å². The first-order chi connectivity index (χ1) is 11.5. The Kier molecular flexibility index (Phi) is 4.20. The Morgan fingerprint density at radius 3 is 2.62 bits per heavy atom. The van der Waals surface area contributed by atoms with Crippen LogP contribution >= 0.6 is 0 Å². The number of rotatable bonds is 3. The Hall–Kier alpha value is -2.89. The normalized spacial score (nSPS) is 16.4. The number of aromatic nitrogens is 1. The highest BCUT2D eigenvalue weighted by atomic mass is 16.5. The second kappa shape index (κ2) is 6.31. The Morgan fingerprint density at radius 1 is 1.17 bits per heavy atom. The molecule has 1 aliphatic rings. The zero-order valence-corrected chi connectivity index (χ0v) is 13.4. The fourth-order valence-electron chi connectivity index (χ4n) is 3.12. The topological polar surface area (TPSA) is 85.5 Å². The molecule has 2 aromatic rings. The van der Waals surface area contributed by atoms with Crippen LogP contribution in [0.1, 0.15) is 44.3 Å². The molecule has 0 spiro atoms. The molecule has 0 amide bonds. The lowest BCUT2D eigenvalue weighted by Gasteiger charge is -2.25. The van der Waals surface area contributed by atoms with Gasteiger partial charge in [-0.05, 0) is 24.1 Å². The van der Waals surface area contributed by atoms with Crippen molar-refractivity contribution in [1.82, 2.24) is 4.98 Å². The van der Waals surface area contributed by atoms with Crippen LogP contribution in [-0.4, -0.2) is 31.0 Å². The minimum atomic E-state index is -0.751. The first kappa shape index (κ1) is 16.0. The molecule has 1 atom stereocenters. The zero-order valence-electron chi connectivity index (χ0n) is 13.4. The minimum absolute atomic E-state index is 0.0826. The predicted octanol–water partition coefficient (Wildman–Crippen LogP) is 2.08. The van der Waals surface area contributed by atoms with Crippen molar-refractivity contribution in [3.8, 4) is 5.75 Å². The lowest BCUT2D eigenvalue weighted by atomic mass is 9.81. The molecule has 0 fully saturated rings. The van der Waals surface area contributed by atoms with E-state index in [0.717, 1.165) is 5.56 Å². The number of nitrogens with one attached hydrogen (secondary N) is 1. The summed E-state index contributed by atoms with van der Waals surface area (Å²) < 4.78 is 9.94. The molecule has 0 saturated carbocycles. The molecule has 124 valence electrons. The second-order valence-corrected chi connectivity index (χ2v) is 5.67. The Morgan fingerprint density at radius 2 is 1.92 bits per heavy atom. The van der Waals surface area contributed by atoms with Gasteiger partial charge >= 0.3 is 5.97 Å². The number of esters is 1. The maximum Gasteiger partial charge on any atom is 0.343 e. The minimum Gasteiger partial charge on any atom is -0.496 e. The van der Waals surface area contributed by atoms with Crippen LogP contribution in [0.15, 0.2) is 35.1 Å². The van der Waals surface area contributed by atoms with Crippen molar-refractivity contribution in [2.45, 2.75) is 18.8 Å². The van der Waals surface area contributed by atoms with Crippen molar-refractivity contribution in [1.29, 1.82) is 0 Å². The van der Waals surface area contributed by atoms with Crippen LogP contribution in [0.4, 0.5) is 0 Å². The first-order valence-electron chi connectivity index (χ1n) is 7.55. The van der Waals surface area contributed by atoms with E-state index in [1.807, 2.05) is 24.3 Å². The maximum atomic E-state index is 12.5. The number of hydrogen-bond acceptors (Lipinski definition) is 5. The largest absolute Gasteiger partial charge is 0.496 e. The highest BCUT2D eigenvalue weighted by Gasteiger charge is 2.30. The van der Waals surface area contributed by atoms with E-state index < -0.39 is 11.5 Å². The summed E-state index contributed by atoms with van der Waals surface area (Å²) in [4.78, 5) is 38.9. The van der Waals surface area contributed by atoms with E-state index in [4.69, 9.17) is 4.74 Å². The van der Waals surface area contributed by atoms with Gasteiger partial charge in [0.15, 0.2) is 5.78 Å². The molecule has 0 aliphatic heterocycles. The van der Waals surface area contributed by atoms with Gasteiger partial charge < -0.3 is 14.5 Å². The van der Waals surface area contributed by atoms with Crippen molar-refractivity contribution in [2.24, 2.45) is 0 Å². The molecule has 0 saturated heterocycles. The molecule has 1 N–H and O–H groups in total. The smallest absolute Gasteiger partial charge is 0.343 e. The molecule has 0 unspecified atom stereocenters. The summed E-state index contributed by atoms with van der Waals surface area (Å²) in [5, 5.41) is 0.